The number of phenols is 3. The summed E-state index contributed by atoms with van der Waals surface area (Å²) in [4.78, 5) is -1.81. The molecule has 0 aromatic heterocycles. The van der Waals surface area contributed by atoms with E-state index in [4.69, 9.17) is 28.7 Å². The first-order valence-corrected chi connectivity index (χ1v) is 24.1. The number of hydrogen-bond donors (Lipinski definition) is 7. The molecule has 0 saturated heterocycles. The van der Waals surface area contributed by atoms with Gasteiger partial charge in [-0.25, -0.2) is 31.5 Å². The van der Waals surface area contributed by atoms with Gasteiger partial charge in [-0.05, 0) is 54.6 Å². The monoisotopic (exact) mass is 1030 g/mol. The lowest BCUT2D eigenvalue weighted by atomic mass is 10.2. The first-order chi connectivity index (χ1) is 30.6. The second kappa shape index (κ2) is 22.8. The fourth-order valence-corrected chi connectivity index (χ4v) is 8.67. The van der Waals surface area contributed by atoms with Crippen molar-refractivity contribution in [2.45, 2.75) is 19.6 Å². The minimum absolute atomic E-state index is 0.0254. The molecule has 0 fully saturated rings. The third-order valence-electron chi connectivity index (χ3n) is 7.63. The van der Waals surface area contributed by atoms with Crippen molar-refractivity contribution in [2.75, 3.05) is 38.9 Å². The molecule has 7 N–H and O–H groups in total. The van der Waals surface area contributed by atoms with Crippen molar-refractivity contribution < 1.29 is 105 Å². The van der Waals surface area contributed by atoms with Crippen LogP contribution in [0.15, 0.2) is 105 Å². The van der Waals surface area contributed by atoms with Gasteiger partial charge in [-0.3, -0.25) is 13.3 Å². The zero-order valence-corrected chi connectivity index (χ0v) is 37.2. The second-order valence-electron chi connectivity index (χ2n) is 11.6. The lowest BCUT2D eigenvalue weighted by Gasteiger charge is -2.11. The van der Waals surface area contributed by atoms with Gasteiger partial charge in [0, 0.05) is 4.90 Å². The molecule has 0 atom stereocenters. The molecule has 4 aromatic carbocycles. The molecule has 354 valence electrons. The van der Waals surface area contributed by atoms with Crippen LogP contribution in [0.4, 0.5) is 34.1 Å². The summed E-state index contributed by atoms with van der Waals surface area (Å²) in [6, 6.07) is 9.04. The molecule has 0 amide bonds. The van der Waals surface area contributed by atoms with E-state index in [0.29, 0.717) is 12.0 Å². The molecule has 0 aliphatic carbocycles. The molecule has 0 aliphatic heterocycles. The molecule has 35 heteroatoms. The maximum atomic E-state index is 13.0. The molecule has 65 heavy (non-hydrogen) atoms. The second-order valence-corrected chi connectivity index (χ2v) is 19.6. The highest BCUT2D eigenvalue weighted by molar-refractivity contribution is 7.94. The van der Waals surface area contributed by atoms with Crippen LogP contribution in [0.3, 0.4) is 0 Å². The number of hydrogen-bond acceptors (Lipinski definition) is 29. The topological polar surface area (TPSA) is 426 Å². The number of methoxy groups -OCH3 is 2. The Balaban J connectivity index is 1.93. The average molecular weight is 1030 g/mol. The molecule has 0 unspecified atom stereocenters. The van der Waals surface area contributed by atoms with Crippen LogP contribution in [0.2, 0.25) is 0 Å². The van der Waals surface area contributed by atoms with Crippen molar-refractivity contribution in [3.63, 3.8) is 0 Å². The fraction of sp³-hybridized carbons (Fsp3) is 0.200. The normalized spacial score (nSPS) is 12.8. The molecule has 0 heterocycles. The zero-order valence-electron chi connectivity index (χ0n) is 32.3. The number of azo groups is 3. The third-order valence-corrected chi connectivity index (χ3v) is 13.3. The minimum Gasteiger partial charge on any atom is -0.504 e. The van der Waals surface area contributed by atoms with Gasteiger partial charge in [-0.2, -0.15) is 16.8 Å². The Hall–Kier alpha value is -5.22. The van der Waals surface area contributed by atoms with Gasteiger partial charge in [0.2, 0.25) is 0 Å². The highest BCUT2D eigenvalue weighted by atomic mass is 32.3. The summed E-state index contributed by atoms with van der Waals surface area (Å²) in [5, 5.41) is 80.2. The Morgan fingerprint density at radius 3 is 1.46 bits per heavy atom. The summed E-state index contributed by atoms with van der Waals surface area (Å²) < 4.78 is 144. The maximum absolute atomic E-state index is 13.0. The first-order valence-electron chi connectivity index (χ1n) is 16.6. The van der Waals surface area contributed by atoms with E-state index in [0.717, 1.165) is 61.7 Å². The van der Waals surface area contributed by atoms with Gasteiger partial charge >= 0.3 is 10.4 Å². The van der Waals surface area contributed by atoms with Crippen LogP contribution in [-0.4, -0.2) is 108 Å². The lowest BCUT2D eigenvalue weighted by molar-refractivity contribution is -0.434. The van der Waals surface area contributed by atoms with Gasteiger partial charge in [0.25, 0.3) is 10.1 Å². The van der Waals surface area contributed by atoms with E-state index >= 15 is 0 Å². The van der Waals surface area contributed by atoms with Crippen molar-refractivity contribution in [3.8, 4) is 28.7 Å². The summed E-state index contributed by atoms with van der Waals surface area (Å²) in [6.45, 7) is -1.47. The van der Waals surface area contributed by atoms with Gasteiger partial charge in [-0.15, -0.1) is 39.4 Å². The number of phenolic OH excluding ortho intramolecular Hbond substituents is 3. The van der Waals surface area contributed by atoms with E-state index in [1.165, 1.54) is 7.11 Å². The summed E-state index contributed by atoms with van der Waals surface area (Å²) in [5.74, 6) is -5.67. The predicted molar refractivity (Wildman–Crippen MR) is 217 cm³/mol. The number of rotatable bonds is 24. The van der Waals surface area contributed by atoms with Gasteiger partial charge in [0.05, 0.1) is 60.8 Å². The van der Waals surface area contributed by atoms with Crippen molar-refractivity contribution in [1.29, 1.82) is 0 Å². The van der Waals surface area contributed by atoms with Gasteiger partial charge in [-0.1, -0.05) is 10.1 Å². The van der Waals surface area contributed by atoms with Crippen molar-refractivity contribution in [3.05, 3.63) is 54.6 Å². The van der Waals surface area contributed by atoms with Crippen LogP contribution in [0.25, 0.3) is 0 Å². The zero-order chi connectivity index (χ0) is 48.2. The summed E-state index contributed by atoms with van der Waals surface area (Å²) >= 11 is 0.448. The number of nitrogens with zero attached hydrogens (tertiary/aromatic N) is 6. The van der Waals surface area contributed by atoms with Crippen molar-refractivity contribution in [1.82, 2.24) is 0 Å². The van der Waals surface area contributed by atoms with Crippen LogP contribution in [0.1, 0.15) is 0 Å². The van der Waals surface area contributed by atoms with E-state index in [1.807, 2.05) is 0 Å². The van der Waals surface area contributed by atoms with Crippen molar-refractivity contribution >= 4 is 98.7 Å². The fourth-order valence-electron chi connectivity index (χ4n) is 4.75. The van der Waals surface area contributed by atoms with Gasteiger partial charge in [0.15, 0.2) is 66.3 Å². The van der Waals surface area contributed by atoms with E-state index in [9.17, 15) is 53.5 Å². The summed E-state index contributed by atoms with van der Waals surface area (Å²) in [6.07, 6.45) is 0. The molecule has 4 aromatic rings. The van der Waals surface area contributed by atoms with E-state index in [-0.39, 0.29) is 39.3 Å². The molecule has 0 saturated carbocycles. The van der Waals surface area contributed by atoms with Crippen LogP contribution in [0.5, 0.6) is 28.7 Å². The Kier molecular flexibility index (Phi) is 18.4. The number of aromatic hydroxyl groups is 3. The Bertz CT molecular complexity index is 2920. The predicted octanol–water partition coefficient (Wildman–Crippen LogP) is 6.11. The van der Waals surface area contributed by atoms with E-state index < -0.39 is 120 Å². The largest absolute Gasteiger partial charge is 0.504 e. The molecular formula is C30H30N6O23S6. The van der Waals surface area contributed by atoms with Crippen LogP contribution >= 0.6 is 24.4 Å². The Morgan fingerprint density at radius 2 is 1.03 bits per heavy atom. The Morgan fingerprint density at radius 1 is 0.569 bits per heavy atom. The number of benzene rings is 4. The SMILES string of the molecule is COc1ccc(S(=O)(=O)CCOSOOO)cc1N=Nc1c(O)c(N=Nc2cc(S(=O)(=O)CCOS(=O)(=O)O)ccc2OC)c(O)c(N=Nc2cc(SOOO)ccc2S(=O)(=O)O)c1O. The van der Waals surface area contributed by atoms with Crippen LogP contribution < -0.4 is 9.47 Å². The molecule has 0 aliphatic rings. The maximum Gasteiger partial charge on any atom is 0.397 e. The smallest absolute Gasteiger partial charge is 0.397 e. The molecule has 29 nitrogen and oxygen atoms in total. The first kappa shape index (κ1) is 52.4. The molecule has 4 rings (SSSR count). The number of sulfone groups is 2. The molecule has 0 spiro atoms. The quantitative estimate of drug-likeness (QED) is 0.0104. The van der Waals surface area contributed by atoms with Gasteiger partial charge < -0.3 is 24.8 Å². The van der Waals surface area contributed by atoms with E-state index in [2.05, 4.69) is 53.6 Å². The molecular weight excluding hydrogens is 1000 g/mol. The highest BCUT2D eigenvalue weighted by Crippen LogP contribution is 2.57. The van der Waals surface area contributed by atoms with E-state index in [1.54, 1.807) is 0 Å². The molecule has 0 bridgehead atoms. The number of ether oxygens (including phenoxy) is 2. The standard InChI is InChI=1S/C30H30N6O23S6/c1-52-22-6-4-17(62(42,43)11-9-54-61-59-57-41)14-19(22)31-34-25-28(37)26(35-32-20-15-18(5-7-23(20)53-2)63(44,45)12-10-55-65(49,50)51)30(39)27(29(25)38)36-33-21-13-16(60-58-56-40)3-8-24(21)64(46,47)48/h3-8,13-15,37-41H,9-12H2,1-2H3,(H,46,47,48)(H,49,50,51). The summed E-state index contributed by atoms with van der Waals surface area (Å²) in [7, 11) is -16.3. The average Bonchev–Trinajstić information content (AvgIpc) is 3.24. The molecule has 0 radical (unpaired) electrons. The lowest BCUT2D eigenvalue weighted by Crippen LogP contribution is -2.15. The highest BCUT2D eigenvalue weighted by Gasteiger charge is 2.27. The summed E-state index contributed by atoms with van der Waals surface area (Å²) in [5.41, 5.74) is -4.56. The minimum atomic E-state index is -5.06. The third kappa shape index (κ3) is 14.4. The van der Waals surface area contributed by atoms with Crippen molar-refractivity contribution in [2.24, 2.45) is 30.7 Å². The van der Waals surface area contributed by atoms with Gasteiger partial charge in [0.1, 0.15) is 33.5 Å². The Labute approximate surface area is 374 Å². The van der Waals surface area contributed by atoms with Crippen LogP contribution in [0, 0.1) is 0 Å². The van der Waals surface area contributed by atoms with Crippen LogP contribution in [-0.2, 0) is 67.3 Å².